The molecular formula is C11H16N2O3. The van der Waals surface area contributed by atoms with Crippen molar-refractivity contribution in [3.8, 4) is 0 Å². The lowest BCUT2D eigenvalue weighted by molar-refractivity contribution is -0.142. The van der Waals surface area contributed by atoms with Crippen molar-refractivity contribution in [2.45, 2.75) is 26.4 Å². The fraction of sp³-hybridized carbons (Fsp3) is 0.455. The van der Waals surface area contributed by atoms with E-state index in [2.05, 4.69) is 10.1 Å². The number of aryl methyl sites for hydroxylation is 1. The third-order valence-electron chi connectivity index (χ3n) is 2.31. The van der Waals surface area contributed by atoms with Crippen molar-refractivity contribution in [1.82, 2.24) is 9.88 Å². The van der Waals surface area contributed by atoms with Gasteiger partial charge in [0.15, 0.2) is 0 Å². The van der Waals surface area contributed by atoms with Crippen LogP contribution in [0, 0.1) is 0 Å². The van der Waals surface area contributed by atoms with Crippen molar-refractivity contribution in [3.63, 3.8) is 0 Å². The number of hydrogen-bond acceptors (Lipinski definition) is 3. The van der Waals surface area contributed by atoms with E-state index in [1.807, 2.05) is 13.1 Å². The van der Waals surface area contributed by atoms with Crippen LogP contribution >= 0.6 is 0 Å². The predicted molar refractivity (Wildman–Crippen MR) is 59.1 cm³/mol. The number of rotatable bonds is 4. The Hall–Kier alpha value is -1.78. The van der Waals surface area contributed by atoms with Gasteiger partial charge in [-0.2, -0.15) is 0 Å². The number of carbonyl (C=O) groups is 2. The maximum atomic E-state index is 11.8. The van der Waals surface area contributed by atoms with Gasteiger partial charge in [0.25, 0.3) is 5.91 Å². The van der Waals surface area contributed by atoms with Crippen LogP contribution in [-0.2, 0) is 16.1 Å². The second-order valence-corrected chi connectivity index (χ2v) is 3.40. The minimum absolute atomic E-state index is 0.273. The highest BCUT2D eigenvalue weighted by molar-refractivity contribution is 5.95. The van der Waals surface area contributed by atoms with Crippen LogP contribution in [0.3, 0.4) is 0 Å². The van der Waals surface area contributed by atoms with Gasteiger partial charge in [0.1, 0.15) is 11.7 Å². The quantitative estimate of drug-likeness (QED) is 0.769. The summed E-state index contributed by atoms with van der Waals surface area (Å²) in [5, 5.41) is 2.57. The third-order valence-corrected chi connectivity index (χ3v) is 2.31. The van der Waals surface area contributed by atoms with Crippen molar-refractivity contribution >= 4 is 11.9 Å². The number of methoxy groups -OCH3 is 1. The minimum atomic E-state index is -0.641. The van der Waals surface area contributed by atoms with E-state index in [1.54, 1.807) is 23.6 Å². The molecule has 1 unspecified atom stereocenters. The largest absolute Gasteiger partial charge is 0.467 e. The van der Waals surface area contributed by atoms with E-state index in [4.69, 9.17) is 0 Å². The number of esters is 1. The molecule has 1 rings (SSSR count). The van der Waals surface area contributed by atoms with Gasteiger partial charge in [-0.25, -0.2) is 4.79 Å². The normalized spacial score (nSPS) is 11.9. The van der Waals surface area contributed by atoms with Crippen LogP contribution in [0.15, 0.2) is 18.3 Å². The number of aromatic nitrogens is 1. The molecule has 1 heterocycles. The highest BCUT2D eigenvalue weighted by Gasteiger charge is 2.18. The van der Waals surface area contributed by atoms with Crippen LogP contribution in [0.1, 0.15) is 24.3 Å². The molecule has 0 saturated carbocycles. The van der Waals surface area contributed by atoms with Gasteiger partial charge in [-0.3, -0.25) is 4.79 Å². The summed E-state index contributed by atoms with van der Waals surface area (Å²) in [4.78, 5) is 22.9. The third kappa shape index (κ3) is 2.62. The molecule has 0 saturated heterocycles. The van der Waals surface area contributed by atoms with Gasteiger partial charge < -0.3 is 14.6 Å². The highest BCUT2D eigenvalue weighted by Crippen LogP contribution is 2.02. The first-order valence-electron chi connectivity index (χ1n) is 5.14. The minimum Gasteiger partial charge on any atom is -0.467 e. The van der Waals surface area contributed by atoms with Crippen molar-refractivity contribution in [3.05, 3.63) is 24.0 Å². The first-order valence-corrected chi connectivity index (χ1v) is 5.14. The summed E-state index contributed by atoms with van der Waals surface area (Å²) < 4.78 is 6.33. The molecule has 1 atom stereocenters. The highest BCUT2D eigenvalue weighted by atomic mass is 16.5. The Morgan fingerprint density at radius 1 is 1.56 bits per heavy atom. The summed E-state index contributed by atoms with van der Waals surface area (Å²) in [5.41, 5.74) is 0.540. The van der Waals surface area contributed by atoms with Crippen LogP contribution in [0.4, 0.5) is 0 Å². The summed E-state index contributed by atoms with van der Waals surface area (Å²) in [7, 11) is 1.29. The molecule has 0 bridgehead atoms. The molecule has 16 heavy (non-hydrogen) atoms. The van der Waals surface area contributed by atoms with Crippen molar-refractivity contribution in [2.75, 3.05) is 7.11 Å². The summed E-state index contributed by atoms with van der Waals surface area (Å²) >= 11 is 0. The summed E-state index contributed by atoms with van der Waals surface area (Å²) in [6.07, 6.45) is 1.82. The van der Waals surface area contributed by atoms with E-state index in [-0.39, 0.29) is 5.91 Å². The molecule has 0 fully saturated rings. The number of nitrogens with zero attached hydrogens (tertiary/aromatic N) is 1. The van der Waals surface area contributed by atoms with Gasteiger partial charge in [0.05, 0.1) is 7.11 Å². The standard InChI is InChI=1S/C11H16N2O3/c1-4-13-7-5-6-9(13)10(14)12-8(2)11(15)16-3/h5-8H,4H2,1-3H3,(H,12,14). The number of nitrogens with one attached hydrogen (secondary N) is 1. The SMILES string of the molecule is CCn1cccc1C(=O)NC(C)C(=O)OC. The van der Waals surface area contributed by atoms with Gasteiger partial charge in [0.2, 0.25) is 0 Å². The fourth-order valence-electron chi connectivity index (χ4n) is 1.40. The Balaban J connectivity index is 2.69. The molecule has 5 heteroatoms. The fourth-order valence-corrected chi connectivity index (χ4v) is 1.40. The average molecular weight is 224 g/mol. The maximum Gasteiger partial charge on any atom is 0.328 e. The monoisotopic (exact) mass is 224 g/mol. The Kier molecular flexibility index (Phi) is 4.10. The topological polar surface area (TPSA) is 60.3 Å². The number of carbonyl (C=O) groups excluding carboxylic acids is 2. The molecule has 0 aliphatic carbocycles. The predicted octanol–water partition coefficient (Wildman–Crippen LogP) is 0.799. The summed E-state index contributed by atoms with van der Waals surface area (Å²) in [6.45, 7) is 4.24. The van der Waals surface area contributed by atoms with Crippen LogP contribution in [-0.4, -0.2) is 29.6 Å². The number of ether oxygens (including phenoxy) is 1. The van der Waals surface area contributed by atoms with E-state index in [0.717, 1.165) is 0 Å². The zero-order chi connectivity index (χ0) is 12.1. The van der Waals surface area contributed by atoms with Crippen molar-refractivity contribution in [1.29, 1.82) is 0 Å². The first-order chi connectivity index (χ1) is 7.60. The first kappa shape index (κ1) is 12.3. The van der Waals surface area contributed by atoms with E-state index in [1.165, 1.54) is 7.11 Å². The van der Waals surface area contributed by atoms with Crippen molar-refractivity contribution < 1.29 is 14.3 Å². The summed E-state index contributed by atoms with van der Waals surface area (Å²) in [6, 6.07) is 2.86. The smallest absolute Gasteiger partial charge is 0.328 e. The number of hydrogen-bond donors (Lipinski definition) is 1. The van der Waals surface area contributed by atoms with Crippen LogP contribution < -0.4 is 5.32 Å². The molecule has 1 aromatic rings. The zero-order valence-electron chi connectivity index (χ0n) is 9.69. The van der Waals surface area contributed by atoms with Gasteiger partial charge in [-0.05, 0) is 26.0 Å². The van der Waals surface area contributed by atoms with E-state index >= 15 is 0 Å². The van der Waals surface area contributed by atoms with Crippen LogP contribution in [0.5, 0.6) is 0 Å². The lowest BCUT2D eigenvalue weighted by Gasteiger charge is -2.12. The second-order valence-electron chi connectivity index (χ2n) is 3.40. The molecule has 0 aliphatic rings. The van der Waals surface area contributed by atoms with Gasteiger partial charge in [-0.15, -0.1) is 0 Å². The molecule has 5 nitrogen and oxygen atoms in total. The Labute approximate surface area is 94.4 Å². The molecule has 0 aromatic carbocycles. The van der Waals surface area contributed by atoms with E-state index in [9.17, 15) is 9.59 Å². The Morgan fingerprint density at radius 2 is 2.25 bits per heavy atom. The van der Waals surface area contributed by atoms with Gasteiger partial charge in [0, 0.05) is 12.7 Å². The number of amides is 1. The van der Waals surface area contributed by atoms with E-state index < -0.39 is 12.0 Å². The lowest BCUT2D eigenvalue weighted by Crippen LogP contribution is -2.39. The molecule has 1 N–H and O–H groups in total. The zero-order valence-corrected chi connectivity index (χ0v) is 9.69. The Morgan fingerprint density at radius 3 is 2.81 bits per heavy atom. The second kappa shape index (κ2) is 5.34. The molecule has 0 spiro atoms. The van der Waals surface area contributed by atoms with Crippen LogP contribution in [0.2, 0.25) is 0 Å². The molecular weight excluding hydrogens is 208 g/mol. The molecule has 1 aromatic heterocycles. The van der Waals surface area contributed by atoms with Gasteiger partial charge >= 0.3 is 5.97 Å². The molecule has 88 valence electrons. The molecule has 0 radical (unpaired) electrons. The molecule has 0 aliphatic heterocycles. The van der Waals surface area contributed by atoms with Crippen molar-refractivity contribution in [2.24, 2.45) is 0 Å². The van der Waals surface area contributed by atoms with E-state index in [0.29, 0.717) is 12.2 Å². The van der Waals surface area contributed by atoms with Crippen LogP contribution in [0.25, 0.3) is 0 Å². The average Bonchev–Trinajstić information content (AvgIpc) is 2.75. The van der Waals surface area contributed by atoms with Gasteiger partial charge in [-0.1, -0.05) is 0 Å². The summed E-state index contributed by atoms with van der Waals surface area (Å²) in [5.74, 6) is -0.729. The Bertz CT molecular complexity index is 384. The molecule has 1 amide bonds. The maximum absolute atomic E-state index is 11.8. The lowest BCUT2D eigenvalue weighted by atomic mass is 10.3.